The van der Waals surface area contributed by atoms with Crippen LogP contribution < -0.4 is 4.74 Å². The van der Waals surface area contributed by atoms with Crippen LogP contribution in [0, 0.1) is 17.7 Å². The van der Waals surface area contributed by atoms with E-state index in [1.165, 1.54) is 12.1 Å². The minimum Gasteiger partial charge on any atom is -0.492 e. The molecule has 0 saturated heterocycles. The normalized spacial score (nSPS) is 10.8. The van der Waals surface area contributed by atoms with Gasteiger partial charge in [-0.2, -0.15) is 0 Å². The van der Waals surface area contributed by atoms with E-state index < -0.39 is 0 Å². The number of halogens is 2. The molecule has 0 fully saturated rings. The number of rotatable bonds is 6. The lowest BCUT2D eigenvalue weighted by Crippen LogP contribution is -2.25. The summed E-state index contributed by atoms with van der Waals surface area (Å²) in [6.45, 7) is 4.46. The average Bonchev–Trinajstić information content (AvgIpc) is 2.41. The van der Waals surface area contributed by atoms with Crippen LogP contribution in [0.2, 0.25) is 0 Å². The predicted octanol–water partition coefficient (Wildman–Crippen LogP) is 4.00. The number of hydrogen-bond acceptors (Lipinski definition) is 2. The van der Waals surface area contributed by atoms with E-state index in [9.17, 15) is 4.39 Å². The van der Waals surface area contributed by atoms with Gasteiger partial charge in [0.2, 0.25) is 0 Å². The molecule has 0 aliphatic rings. The SMILES string of the molecule is COC(C)(C)CCOc1ccc(F)cc1C#CCCCl. The summed E-state index contributed by atoms with van der Waals surface area (Å²) in [6.07, 6.45) is 1.30. The average molecular weight is 299 g/mol. The van der Waals surface area contributed by atoms with Crippen LogP contribution in [0.25, 0.3) is 0 Å². The van der Waals surface area contributed by atoms with Crippen molar-refractivity contribution >= 4 is 11.6 Å². The molecule has 0 aliphatic heterocycles. The fourth-order valence-electron chi connectivity index (χ4n) is 1.44. The highest BCUT2D eigenvalue weighted by atomic mass is 35.5. The molecule has 0 unspecified atom stereocenters. The highest BCUT2D eigenvalue weighted by Crippen LogP contribution is 2.20. The van der Waals surface area contributed by atoms with Crippen LogP contribution in [0.15, 0.2) is 18.2 Å². The fraction of sp³-hybridized carbons (Fsp3) is 0.500. The van der Waals surface area contributed by atoms with E-state index in [-0.39, 0.29) is 11.4 Å². The molecule has 0 bridgehead atoms. The maximum absolute atomic E-state index is 13.3. The summed E-state index contributed by atoms with van der Waals surface area (Å²) in [5, 5.41) is 0. The monoisotopic (exact) mass is 298 g/mol. The van der Waals surface area contributed by atoms with E-state index in [2.05, 4.69) is 11.8 Å². The van der Waals surface area contributed by atoms with E-state index in [1.807, 2.05) is 13.8 Å². The van der Waals surface area contributed by atoms with E-state index in [0.717, 1.165) is 6.42 Å². The van der Waals surface area contributed by atoms with Crippen molar-refractivity contribution in [2.75, 3.05) is 19.6 Å². The van der Waals surface area contributed by atoms with Crippen molar-refractivity contribution in [2.45, 2.75) is 32.3 Å². The summed E-state index contributed by atoms with van der Waals surface area (Å²) in [6, 6.07) is 4.33. The third-order valence-corrected chi connectivity index (χ3v) is 3.09. The van der Waals surface area contributed by atoms with Crippen molar-refractivity contribution in [1.29, 1.82) is 0 Å². The van der Waals surface area contributed by atoms with Crippen LogP contribution >= 0.6 is 11.6 Å². The molecule has 0 spiro atoms. The Balaban J connectivity index is 2.72. The van der Waals surface area contributed by atoms with Gasteiger partial charge in [-0.3, -0.25) is 0 Å². The molecule has 1 rings (SSSR count). The van der Waals surface area contributed by atoms with Crippen molar-refractivity contribution in [3.05, 3.63) is 29.6 Å². The molecule has 20 heavy (non-hydrogen) atoms. The number of methoxy groups -OCH3 is 1. The smallest absolute Gasteiger partial charge is 0.135 e. The van der Waals surface area contributed by atoms with Crippen LogP contribution in [-0.2, 0) is 4.74 Å². The van der Waals surface area contributed by atoms with Crippen molar-refractivity contribution in [3.63, 3.8) is 0 Å². The summed E-state index contributed by atoms with van der Waals surface area (Å²) >= 11 is 5.57. The van der Waals surface area contributed by atoms with Gasteiger partial charge in [-0.25, -0.2) is 4.39 Å². The second-order valence-corrected chi connectivity index (χ2v) is 5.32. The summed E-state index contributed by atoms with van der Waals surface area (Å²) in [7, 11) is 1.67. The topological polar surface area (TPSA) is 18.5 Å². The third kappa shape index (κ3) is 5.81. The van der Waals surface area contributed by atoms with Crippen LogP contribution in [0.1, 0.15) is 32.3 Å². The first kappa shape index (κ1) is 16.8. The second kappa shape index (κ2) is 8.14. The lowest BCUT2D eigenvalue weighted by atomic mass is 10.1. The molecule has 0 amide bonds. The van der Waals surface area contributed by atoms with Gasteiger partial charge in [-0.1, -0.05) is 11.8 Å². The minimum atomic E-state index is -0.329. The maximum Gasteiger partial charge on any atom is 0.135 e. The molecule has 110 valence electrons. The van der Waals surface area contributed by atoms with Gasteiger partial charge in [0.1, 0.15) is 11.6 Å². The third-order valence-electron chi connectivity index (χ3n) is 2.90. The molecule has 0 atom stereocenters. The lowest BCUT2D eigenvalue weighted by molar-refractivity contribution is 0.00542. The summed E-state index contributed by atoms with van der Waals surface area (Å²) < 4.78 is 24.3. The number of hydrogen-bond donors (Lipinski definition) is 0. The first-order valence-corrected chi connectivity index (χ1v) is 7.04. The van der Waals surface area contributed by atoms with Crippen LogP contribution in [0.4, 0.5) is 4.39 Å². The molecule has 0 N–H and O–H groups in total. The molecule has 0 saturated carbocycles. The summed E-state index contributed by atoms with van der Waals surface area (Å²) in [4.78, 5) is 0. The molecule has 0 aliphatic carbocycles. The van der Waals surface area contributed by atoms with Crippen molar-refractivity contribution in [2.24, 2.45) is 0 Å². The van der Waals surface area contributed by atoms with Gasteiger partial charge in [-0.15, -0.1) is 11.6 Å². The fourth-order valence-corrected chi connectivity index (χ4v) is 1.53. The lowest BCUT2D eigenvalue weighted by Gasteiger charge is -2.22. The zero-order valence-electron chi connectivity index (χ0n) is 12.1. The van der Waals surface area contributed by atoms with Crippen LogP contribution in [0.5, 0.6) is 5.75 Å². The number of benzene rings is 1. The summed E-state index contributed by atoms with van der Waals surface area (Å²) in [5.41, 5.74) is 0.301. The van der Waals surface area contributed by atoms with Gasteiger partial charge < -0.3 is 9.47 Å². The highest BCUT2D eigenvalue weighted by Gasteiger charge is 2.16. The molecule has 0 radical (unpaired) electrons. The molecular formula is C16H20ClFO2. The minimum absolute atomic E-state index is 0.246. The van der Waals surface area contributed by atoms with Gasteiger partial charge in [0.05, 0.1) is 17.8 Å². The Morgan fingerprint density at radius 2 is 2.10 bits per heavy atom. The van der Waals surface area contributed by atoms with Gasteiger partial charge in [-0.05, 0) is 32.0 Å². The Morgan fingerprint density at radius 1 is 1.35 bits per heavy atom. The molecule has 2 nitrogen and oxygen atoms in total. The zero-order chi connectivity index (χ0) is 15.0. The van der Waals surface area contributed by atoms with Crippen LogP contribution in [0.3, 0.4) is 0 Å². The molecular weight excluding hydrogens is 279 g/mol. The predicted molar refractivity (Wildman–Crippen MR) is 79.8 cm³/mol. The van der Waals surface area contributed by atoms with Gasteiger partial charge in [0.15, 0.2) is 0 Å². The van der Waals surface area contributed by atoms with Gasteiger partial charge in [0, 0.05) is 25.8 Å². The maximum atomic E-state index is 13.3. The van der Waals surface area contributed by atoms with Crippen LogP contribution in [-0.4, -0.2) is 25.2 Å². The van der Waals surface area contributed by atoms with E-state index in [0.29, 0.717) is 30.2 Å². The van der Waals surface area contributed by atoms with Crippen molar-refractivity contribution < 1.29 is 13.9 Å². The standard InChI is InChI=1S/C16H20ClFO2/c1-16(2,19-3)9-11-20-15-8-7-14(18)12-13(15)6-4-5-10-17/h7-8,12H,5,9-11H2,1-3H3. The Labute approximate surface area is 125 Å². The quantitative estimate of drug-likeness (QED) is 0.584. The molecule has 1 aromatic carbocycles. The largest absolute Gasteiger partial charge is 0.492 e. The summed E-state index contributed by atoms with van der Waals surface area (Å²) in [5.74, 6) is 6.48. The van der Waals surface area contributed by atoms with Crippen molar-refractivity contribution in [1.82, 2.24) is 0 Å². The first-order chi connectivity index (χ1) is 9.48. The second-order valence-electron chi connectivity index (χ2n) is 4.94. The number of ether oxygens (including phenoxy) is 2. The Morgan fingerprint density at radius 3 is 2.75 bits per heavy atom. The van der Waals surface area contributed by atoms with Gasteiger partial charge >= 0.3 is 0 Å². The molecule has 4 heteroatoms. The molecule has 1 aromatic rings. The zero-order valence-corrected chi connectivity index (χ0v) is 12.9. The van der Waals surface area contributed by atoms with Crippen molar-refractivity contribution in [3.8, 4) is 17.6 Å². The first-order valence-electron chi connectivity index (χ1n) is 6.51. The Hall–Kier alpha value is -1.24. The van der Waals surface area contributed by atoms with E-state index in [1.54, 1.807) is 13.2 Å². The van der Waals surface area contributed by atoms with Gasteiger partial charge in [0.25, 0.3) is 0 Å². The Kier molecular flexibility index (Phi) is 6.84. The Bertz CT molecular complexity index is 489. The number of alkyl halides is 1. The van der Waals surface area contributed by atoms with E-state index in [4.69, 9.17) is 21.1 Å². The molecule has 0 heterocycles. The molecule has 0 aromatic heterocycles. The highest BCUT2D eigenvalue weighted by molar-refractivity contribution is 6.18. The van der Waals surface area contributed by atoms with E-state index >= 15 is 0 Å².